The molecule has 1 aliphatic carbocycles. The summed E-state index contributed by atoms with van der Waals surface area (Å²) in [5, 5.41) is 0. The molecule has 6 heteroatoms. The zero-order valence-corrected chi connectivity index (χ0v) is 18.0. The number of nitrogens with zero attached hydrogens (tertiary/aromatic N) is 3. The maximum absolute atomic E-state index is 13.0. The first-order valence-corrected chi connectivity index (χ1v) is 11.1. The highest BCUT2D eigenvalue weighted by molar-refractivity contribution is 6.06. The van der Waals surface area contributed by atoms with Crippen molar-refractivity contribution in [2.75, 3.05) is 27.8 Å². The van der Waals surface area contributed by atoms with Crippen molar-refractivity contribution >= 4 is 34.8 Å². The van der Waals surface area contributed by atoms with Crippen LogP contribution in [0.2, 0.25) is 0 Å². The highest BCUT2D eigenvalue weighted by Gasteiger charge is 2.39. The zero-order chi connectivity index (χ0) is 21.7. The van der Waals surface area contributed by atoms with Crippen molar-refractivity contribution < 1.29 is 14.4 Å². The maximum Gasteiger partial charge on any atom is 0.230 e. The van der Waals surface area contributed by atoms with Crippen molar-refractivity contribution in [2.45, 2.75) is 45.6 Å². The summed E-state index contributed by atoms with van der Waals surface area (Å²) in [5.41, 5.74) is 4.53. The van der Waals surface area contributed by atoms with Crippen molar-refractivity contribution in [3.63, 3.8) is 0 Å². The number of amides is 3. The molecule has 0 unspecified atom stereocenters. The number of rotatable bonds is 3. The van der Waals surface area contributed by atoms with Crippen LogP contribution in [0.5, 0.6) is 0 Å². The van der Waals surface area contributed by atoms with E-state index in [0.29, 0.717) is 13.0 Å². The molecule has 31 heavy (non-hydrogen) atoms. The summed E-state index contributed by atoms with van der Waals surface area (Å²) >= 11 is 0. The number of fused-ring (bicyclic) bond motifs is 1. The Kier molecular flexibility index (Phi) is 4.80. The first-order chi connectivity index (χ1) is 14.9. The largest absolute Gasteiger partial charge is 0.312 e. The number of hydrogen-bond acceptors (Lipinski definition) is 3. The third-order valence-corrected chi connectivity index (χ3v) is 6.53. The molecule has 2 aromatic carbocycles. The lowest BCUT2D eigenvalue weighted by Crippen LogP contribution is -2.51. The standard InChI is InChI=1S/C25H27N3O3/c1-16-15-27(25(31)19-5-6-19)23-14-20(9-12-22(23)28(16)17(2)29)18-7-10-21(11-8-18)26-13-3-4-24(26)30/h7-12,14,16,19H,3-6,13,15H2,1-2H3/t16-/m0/s1. The lowest BCUT2D eigenvalue weighted by Gasteiger charge is -2.41. The van der Waals surface area contributed by atoms with Crippen LogP contribution in [0.15, 0.2) is 42.5 Å². The van der Waals surface area contributed by atoms with Crippen LogP contribution in [0.1, 0.15) is 39.5 Å². The fourth-order valence-electron chi connectivity index (χ4n) is 4.80. The third kappa shape index (κ3) is 3.50. The zero-order valence-electron chi connectivity index (χ0n) is 18.0. The number of benzene rings is 2. The Morgan fingerprint density at radius 3 is 2.29 bits per heavy atom. The van der Waals surface area contributed by atoms with E-state index in [4.69, 9.17) is 0 Å². The van der Waals surface area contributed by atoms with E-state index in [2.05, 4.69) is 0 Å². The van der Waals surface area contributed by atoms with Crippen molar-refractivity contribution in [3.8, 4) is 11.1 Å². The minimum absolute atomic E-state index is 0.0142. The first kappa shape index (κ1) is 19.8. The minimum atomic E-state index is -0.0594. The van der Waals surface area contributed by atoms with Crippen LogP contribution in [-0.4, -0.2) is 36.9 Å². The predicted octanol–water partition coefficient (Wildman–Crippen LogP) is 3.98. The quantitative estimate of drug-likeness (QED) is 0.759. The van der Waals surface area contributed by atoms with Gasteiger partial charge < -0.3 is 14.7 Å². The smallest absolute Gasteiger partial charge is 0.230 e. The van der Waals surface area contributed by atoms with Gasteiger partial charge >= 0.3 is 0 Å². The summed E-state index contributed by atoms with van der Waals surface area (Å²) in [5.74, 6) is 0.440. The van der Waals surface area contributed by atoms with Gasteiger partial charge in [0.1, 0.15) is 0 Å². The number of anilines is 3. The molecule has 2 fully saturated rings. The Labute approximate surface area is 182 Å². The number of carbonyl (C=O) groups is 3. The van der Waals surface area contributed by atoms with Gasteiger partial charge in [-0.05, 0) is 61.6 Å². The molecule has 1 saturated carbocycles. The van der Waals surface area contributed by atoms with Crippen LogP contribution < -0.4 is 14.7 Å². The highest BCUT2D eigenvalue weighted by atomic mass is 16.2. The van der Waals surface area contributed by atoms with Crippen molar-refractivity contribution in [1.29, 1.82) is 0 Å². The Hall–Kier alpha value is -3.15. The number of carbonyl (C=O) groups excluding carboxylic acids is 3. The van der Waals surface area contributed by atoms with Crippen LogP contribution >= 0.6 is 0 Å². The summed E-state index contributed by atoms with van der Waals surface area (Å²) < 4.78 is 0. The van der Waals surface area contributed by atoms with Crippen LogP contribution in [0, 0.1) is 5.92 Å². The summed E-state index contributed by atoms with van der Waals surface area (Å²) in [6.07, 6.45) is 3.42. The normalized spacial score (nSPS) is 20.8. The molecule has 0 aromatic heterocycles. The summed E-state index contributed by atoms with van der Waals surface area (Å²) in [6, 6.07) is 13.9. The average molecular weight is 418 g/mol. The Morgan fingerprint density at radius 2 is 1.68 bits per heavy atom. The van der Waals surface area contributed by atoms with Crippen LogP contribution in [0.25, 0.3) is 11.1 Å². The third-order valence-electron chi connectivity index (χ3n) is 6.53. The van der Waals surface area contributed by atoms with Crippen LogP contribution in [-0.2, 0) is 14.4 Å². The molecule has 3 aliphatic rings. The molecule has 0 radical (unpaired) electrons. The van der Waals surface area contributed by atoms with E-state index in [1.807, 2.05) is 59.2 Å². The topological polar surface area (TPSA) is 60.9 Å². The second-order valence-corrected chi connectivity index (χ2v) is 8.86. The molecule has 5 rings (SSSR count). The van der Waals surface area contributed by atoms with Gasteiger partial charge in [0.15, 0.2) is 0 Å². The molecule has 0 bridgehead atoms. The van der Waals surface area contributed by atoms with Gasteiger partial charge in [-0.3, -0.25) is 14.4 Å². The van der Waals surface area contributed by atoms with E-state index in [9.17, 15) is 14.4 Å². The molecule has 160 valence electrons. The second kappa shape index (κ2) is 7.52. The van der Waals surface area contributed by atoms with Crippen LogP contribution in [0.4, 0.5) is 17.1 Å². The Morgan fingerprint density at radius 1 is 0.968 bits per heavy atom. The van der Waals surface area contributed by atoms with Crippen LogP contribution in [0.3, 0.4) is 0 Å². The van der Waals surface area contributed by atoms with E-state index in [1.54, 1.807) is 11.8 Å². The van der Waals surface area contributed by atoms with Gasteiger partial charge in [0.2, 0.25) is 17.7 Å². The predicted molar refractivity (Wildman–Crippen MR) is 121 cm³/mol. The monoisotopic (exact) mass is 417 g/mol. The molecule has 6 nitrogen and oxygen atoms in total. The molecule has 0 N–H and O–H groups in total. The van der Waals surface area contributed by atoms with Gasteiger partial charge in [0, 0.05) is 38.0 Å². The van der Waals surface area contributed by atoms with Crippen molar-refractivity contribution in [1.82, 2.24) is 0 Å². The molecular weight excluding hydrogens is 390 g/mol. The Balaban J connectivity index is 1.51. The van der Waals surface area contributed by atoms with Gasteiger partial charge in [-0.25, -0.2) is 0 Å². The van der Waals surface area contributed by atoms with Gasteiger partial charge in [-0.2, -0.15) is 0 Å². The first-order valence-electron chi connectivity index (χ1n) is 11.1. The lowest BCUT2D eigenvalue weighted by atomic mass is 10.00. The van der Waals surface area contributed by atoms with E-state index in [1.165, 1.54) is 0 Å². The van der Waals surface area contributed by atoms with E-state index in [0.717, 1.165) is 54.0 Å². The summed E-state index contributed by atoms with van der Waals surface area (Å²) in [7, 11) is 0. The van der Waals surface area contributed by atoms with E-state index < -0.39 is 0 Å². The SMILES string of the molecule is CC(=O)N1c2ccc(-c3ccc(N4CCCC4=O)cc3)cc2N(C(=O)C2CC2)C[C@@H]1C. The summed E-state index contributed by atoms with van der Waals surface area (Å²) in [4.78, 5) is 42.8. The molecule has 0 spiro atoms. The summed E-state index contributed by atoms with van der Waals surface area (Å²) in [6.45, 7) is 4.85. The Bertz CT molecular complexity index is 1060. The fraction of sp³-hybridized carbons (Fsp3) is 0.400. The van der Waals surface area contributed by atoms with Gasteiger partial charge in [-0.15, -0.1) is 0 Å². The van der Waals surface area contributed by atoms with Gasteiger partial charge in [0.05, 0.1) is 17.4 Å². The molecule has 1 atom stereocenters. The molecule has 1 saturated heterocycles. The molecule has 2 heterocycles. The van der Waals surface area contributed by atoms with Gasteiger partial charge in [0.25, 0.3) is 0 Å². The molecular formula is C25H27N3O3. The fourth-order valence-corrected chi connectivity index (χ4v) is 4.80. The lowest BCUT2D eigenvalue weighted by molar-refractivity contribution is -0.120. The molecule has 2 aliphatic heterocycles. The molecule has 3 amide bonds. The second-order valence-electron chi connectivity index (χ2n) is 8.86. The molecule has 2 aromatic rings. The minimum Gasteiger partial charge on any atom is -0.312 e. The maximum atomic E-state index is 13.0. The van der Waals surface area contributed by atoms with Crippen molar-refractivity contribution in [2.24, 2.45) is 5.92 Å². The van der Waals surface area contributed by atoms with E-state index >= 15 is 0 Å². The average Bonchev–Trinajstić information content (AvgIpc) is 3.53. The van der Waals surface area contributed by atoms with Crippen molar-refractivity contribution in [3.05, 3.63) is 42.5 Å². The van der Waals surface area contributed by atoms with Gasteiger partial charge in [-0.1, -0.05) is 18.2 Å². The number of hydrogen-bond donors (Lipinski definition) is 0. The highest BCUT2D eigenvalue weighted by Crippen LogP contribution is 2.42. The van der Waals surface area contributed by atoms with E-state index in [-0.39, 0.29) is 29.7 Å².